The molecule has 1 N–H and O–H groups in total. The van der Waals surface area contributed by atoms with Crippen molar-refractivity contribution in [3.05, 3.63) is 0 Å². The molecule has 92 valence electrons. The van der Waals surface area contributed by atoms with Crippen LogP contribution in [0.2, 0.25) is 0 Å². The molecule has 1 fully saturated rings. The van der Waals surface area contributed by atoms with E-state index in [4.69, 9.17) is 0 Å². The van der Waals surface area contributed by atoms with Gasteiger partial charge in [0, 0.05) is 13.1 Å². The second-order valence-corrected chi connectivity index (χ2v) is 4.88. The fourth-order valence-electron chi connectivity index (χ4n) is 1.98. The normalized spacial score (nSPS) is 25.7. The lowest BCUT2D eigenvalue weighted by Crippen LogP contribution is -2.44. The van der Waals surface area contributed by atoms with E-state index in [9.17, 15) is 14.7 Å². The lowest BCUT2D eigenvalue weighted by atomic mass is 9.99. The lowest BCUT2D eigenvalue weighted by molar-refractivity contribution is -0.148. The Kier molecular flexibility index (Phi) is 3.57. The molecule has 2 atom stereocenters. The SMILES string of the molecule is COC(=O)C1CN(C(=O)C(C)(C)O)CC1C. The first-order chi connectivity index (χ1) is 7.27. The summed E-state index contributed by atoms with van der Waals surface area (Å²) in [4.78, 5) is 24.7. The first kappa shape index (κ1) is 13.0. The van der Waals surface area contributed by atoms with Gasteiger partial charge in [0.1, 0.15) is 5.60 Å². The van der Waals surface area contributed by atoms with Crippen LogP contribution in [0.5, 0.6) is 0 Å². The summed E-state index contributed by atoms with van der Waals surface area (Å²) in [5.74, 6) is -0.848. The van der Waals surface area contributed by atoms with Crippen molar-refractivity contribution < 1.29 is 19.4 Å². The molecular formula is C11H19NO4. The van der Waals surface area contributed by atoms with Crippen LogP contribution in [0.15, 0.2) is 0 Å². The highest BCUT2D eigenvalue weighted by Crippen LogP contribution is 2.25. The van der Waals surface area contributed by atoms with Gasteiger partial charge in [0.2, 0.25) is 0 Å². The van der Waals surface area contributed by atoms with Crippen LogP contribution in [0.3, 0.4) is 0 Å². The highest BCUT2D eigenvalue weighted by Gasteiger charge is 2.41. The summed E-state index contributed by atoms with van der Waals surface area (Å²) in [6, 6.07) is 0. The Balaban J connectivity index is 2.70. The summed E-state index contributed by atoms with van der Waals surface area (Å²) in [7, 11) is 1.34. The molecule has 1 aliphatic heterocycles. The Bertz CT molecular complexity index is 295. The predicted octanol–water partition coefficient (Wildman–Crippen LogP) is 0.0248. The highest BCUT2D eigenvalue weighted by molar-refractivity contribution is 5.85. The third kappa shape index (κ3) is 2.52. The van der Waals surface area contributed by atoms with Gasteiger partial charge in [-0.3, -0.25) is 9.59 Å². The molecule has 16 heavy (non-hydrogen) atoms. The third-order valence-electron chi connectivity index (χ3n) is 2.93. The molecule has 2 unspecified atom stereocenters. The molecule has 0 aliphatic carbocycles. The standard InChI is InChI=1S/C11H19NO4/c1-7-5-12(10(14)11(2,3)15)6-8(7)9(13)16-4/h7-8,15H,5-6H2,1-4H3. The van der Waals surface area contributed by atoms with E-state index in [2.05, 4.69) is 4.74 Å². The molecule has 1 saturated heterocycles. The molecule has 0 spiro atoms. The van der Waals surface area contributed by atoms with E-state index in [1.54, 1.807) is 0 Å². The maximum Gasteiger partial charge on any atom is 0.310 e. The minimum absolute atomic E-state index is 0.0683. The molecule has 5 nitrogen and oxygen atoms in total. The maximum absolute atomic E-state index is 11.8. The molecule has 1 rings (SSSR count). The van der Waals surface area contributed by atoms with Crippen molar-refractivity contribution in [1.82, 2.24) is 4.90 Å². The first-order valence-electron chi connectivity index (χ1n) is 5.37. The number of hydrogen-bond acceptors (Lipinski definition) is 4. The number of hydrogen-bond donors (Lipinski definition) is 1. The molecule has 0 bridgehead atoms. The second kappa shape index (κ2) is 4.41. The van der Waals surface area contributed by atoms with Gasteiger partial charge < -0.3 is 14.7 Å². The van der Waals surface area contributed by atoms with Gasteiger partial charge in [0.15, 0.2) is 0 Å². The van der Waals surface area contributed by atoms with Crippen LogP contribution in [-0.2, 0) is 14.3 Å². The van der Waals surface area contributed by atoms with Gasteiger partial charge in [-0.15, -0.1) is 0 Å². The summed E-state index contributed by atoms with van der Waals surface area (Å²) >= 11 is 0. The lowest BCUT2D eigenvalue weighted by Gasteiger charge is -2.24. The minimum Gasteiger partial charge on any atom is -0.469 e. The van der Waals surface area contributed by atoms with Crippen LogP contribution < -0.4 is 0 Å². The molecule has 0 radical (unpaired) electrons. The summed E-state index contributed by atoms with van der Waals surface area (Å²) in [5.41, 5.74) is -1.38. The fourth-order valence-corrected chi connectivity index (χ4v) is 1.98. The Morgan fingerprint density at radius 1 is 1.38 bits per heavy atom. The summed E-state index contributed by atoms with van der Waals surface area (Å²) in [5, 5.41) is 9.61. The molecule has 1 amide bonds. The van der Waals surface area contributed by atoms with Crippen LogP contribution in [-0.4, -0.2) is 47.7 Å². The van der Waals surface area contributed by atoms with Crippen molar-refractivity contribution in [2.75, 3.05) is 20.2 Å². The topological polar surface area (TPSA) is 66.8 Å². The number of aliphatic hydroxyl groups is 1. The molecule has 0 aromatic carbocycles. The Hall–Kier alpha value is -1.10. The predicted molar refractivity (Wildman–Crippen MR) is 57.5 cm³/mol. The van der Waals surface area contributed by atoms with E-state index in [0.717, 1.165) is 0 Å². The number of carbonyl (C=O) groups is 2. The van der Waals surface area contributed by atoms with Crippen molar-refractivity contribution in [3.8, 4) is 0 Å². The van der Waals surface area contributed by atoms with Crippen LogP contribution in [0, 0.1) is 11.8 Å². The Morgan fingerprint density at radius 2 is 1.94 bits per heavy atom. The van der Waals surface area contributed by atoms with Crippen molar-refractivity contribution in [2.24, 2.45) is 11.8 Å². The largest absolute Gasteiger partial charge is 0.469 e. The number of nitrogens with zero attached hydrogens (tertiary/aromatic N) is 1. The average Bonchev–Trinajstić information content (AvgIpc) is 2.56. The van der Waals surface area contributed by atoms with E-state index in [1.165, 1.54) is 25.9 Å². The molecule has 1 heterocycles. The minimum atomic E-state index is -1.38. The summed E-state index contributed by atoms with van der Waals surface area (Å²) in [6.45, 7) is 5.62. The maximum atomic E-state index is 11.8. The average molecular weight is 229 g/mol. The van der Waals surface area contributed by atoms with Gasteiger partial charge in [-0.2, -0.15) is 0 Å². The van der Waals surface area contributed by atoms with Gasteiger partial charge in [0.05, 0.1) is 13.0 Å². The Morgan fingerprint density at radius 3 is 2.38 bits per heavy atom. The number of esters is 1. The zero-order chi connectivity index (χ0) is 12.5. The van der Waals surface area contributed by atoms with Gasteiger partial charge in [-0.1, -0.05) is 6.92 Å². The number of ether oxygens (including phenoxy) is 1. The Labute approximate surface area is 95.4 Å². The van der Waals surface area contributed by atoms with E-state index in [0.29, 0.717) is 13.1 Å². The number of methoxy groups -OCH3 is 1. The number of amides is 1. The highest BCUT2D eigenvalue weighted by atomic mass is 16.5. The fraction of sp³-hybridized carbons (Fsp3) is 0.818. The number of carbonyl (C=O) groups excluding carboxylic acids is 2. The van der Waals surface area contributed by atoms with Crippen molar-refractivity contribution in [3.63, 3.8) is 0 Å². The quantitative estimate of drug-likeness (QED) is 0.678. The van der Waals surface area contributed by atoms with Crippen molar-refractivity contribution >= 4 is 11.9 Å². The monoisotopic (exact) mass is 229 g/mol. The van der Waals surface area contributed by atoms with Gasteiger partial charge >= 0.3 is 5.97 Å². The summed E-state index contributed by atoms with van der Waals surface area (Å²) < 4.78 is 4.68. The van der Waals surface area contributed by atoms with Crippen LogP contribution in [0.4, 0.5) is 0 Å². The molecule has 1 aliphatic rings. The van der Waals surface area contributed by atoms with Crippen LogP contribution in [0.1, 0.15) is 20.8 Å². The second-order valence-electron chi connectivity index (χ2n) is 4.88. The van der Waals surface area contributed by atoms with E-state index in [-0.39, 0.29) is 23.7 Å². The van der Waals surface area contributed by atoms with E-state index >= 15 is 0 Å². The molecule has 0 saturated carbocycles. The third-order valence-corrected chi connectivity index (χ3v) is 2.93. The molecule has 5 heteroatoms. The molecule has 0 aromatic heterocycles. The van der Waals surface area contributed by atoms with Gasteiger partial charge in [-0.25, -0.2) is 0 Å². The van der Waals surface area contributed by atoms with Gasteiger partial charge in [-0.05, 0) is 19.8 Å². The zero-order valence-electron chi connectivity index (χ0n) is 10.2. The summed E-state index contributed by atoms with van der Waals surface area (Å²) in [6.07, 6.45) is 0. The zero-order valence-corrected chi connectivity index (χ0v) is 10.2. The van der Waals surface area contributed by atoms with Crippen LogP contribution in [0.25, 0.3) is 0 Å². The van der Waals surface area contributed by atoms with Crippen molar-refractivity contribution in [2.45, 2.75) is 26.4 Å². The first-order valence-corrected chi connectivity index (χ1v) is 5.37. The van der Waals surface area contributed by atoms with Crippen molar-refractivity contribution in [1.29, 1.82) is 0 Å². The van der Waals surface area contributed by atoms with Crippen LogP contribution >= 0.6 is 0 Å². The molecule has 0 aromatic rings. The van der Waals surface area contributed by atoms with E-state index in [1.807, 2.05) is 6.92 Å². The van der Waals surface area contributed by atoms with E-state index < -0.39 is 5.60 Å². The van der Waals surface area contributed by atoms with Gasteiger partial charge in [0.25, 0.3) is 5.91 Å². The number of likely N-dealkylation sites (tertiary alicyclic amines) is 1. The molecular weight excluding hydrogens is 210 g/mol. The number of rotatable bonds is 2. The smallest absolute Gasteiger partial charge is 0.310 e.